The zero-order chi connectivity index (χ0) is 10.8. The number of hydrogen-bond donors (Lipinski definition) is 0. The molecule has 0 unspecified atom stereocenters. The summed E-state index contributed by atoms with van der Waals surface area (Å²) in [6, 6.07) is 8.46. The van der Waals surface area contributed by atoms with E-state index in [1.807, 2.05) is 0 Å². The smallest absolute Gasteiger partial charge is 0.242 e. The van der Waals surface area contributed by atoms with Crippen molar-refractivity contribution < 1.29 is 4.43 Å². The predicted octanol–water partition coefficient (Wildman–Crippen LogP) is 2.86. The van der Waals surface area contributed by atoms with Gasteiger partial charge in [-0.15, -0.1) is 0 Å². The molecule has 0 fully saturated rings. The topological polar surface area (TPSA) is 9.23 Å². The highest BCUT2D eigenvalue weighted by atomic mass is 28.4. The van der Waals surface area contributed by atoms with E-state index in [1.54, 1.807) is 0 Å². The Morgan fingerprint density at radius 1 is 1.07 bits per heavy atom. The van der Waals surface area contributed by atoms with E-state index in [2.05, 4.69) is 57.0 Å². The minimum atomic E-state index is -1.46. The van der Waals surface area contributed by atoms with Crippen LogP contribution in [0.1, 0.15) is 0 Å². The second-order valence-electron chi connectivity index (χ2n) is 4.71. The molecule has 0 atom stereocenters. The van der Waals surface area contributed by atoms with Gasteiger partial charge in [0.15, 0.2) is 0 Å². The van der Waals surface area contributed by atoms with Gasteiger partial charge in [-0.3, -0.25) is 0 Å². The van der Waals surface area contributed by atoms with Crippen molar-refractivity contribution >= 4 is 22.3 Å². The summed E-state index contributed by atoms with van der Waals surface area (Å²) >= 11 is 0. The van der Waals surface area contributed by atoms with Gasteiger partial charge < -0.3 is 4.43 Å². The first-order valence-electron chi connectivity index (χ1n) is 4.99. The van der Waals surface area contributed by atoms with Gasteiger partial charge in [0.1, 0.15) is 5.75 Å². The molecule has 14 heavy (non-hydrogen) atoms. The Balaban J connectivity index is 2.96. The molecule has 0 N–H and O–H groups in total. The molecule has 0 saturated carbocycles. The van der Waals surface area contributed by atoms with E-state index in [1.165, 1.54) is 5.19 Å². The summed E-state index contributed by atoms with van der Waals surface area (Å²) in [5, 5.41) is 1.42. The lowest BCUT2D eigenvalue weighted by Crippen LogP contribution is -2.34. The zero-order valence-corrected chi connectivity index (χ0v) is 11.7. The molecule has 0 saturated heterocycles. The highest BCUT2D eigenvalue weighted by Gasteiger charge is 2.18. The Kier molecular flexibility index (Phi) is 3.55. The summed E-state index contributed by atoms with van der Waals surface area (Å²) in [6.07, 6.45) is 0. The van der Waals surface area contributed by atoms with E-state index in [-0.39, 0.29) is 0 Å². The van der Waals surface area contributed by atoms with Crippen LogP contribution in [0.5, 0.6) is 5.75 Å². The maximum absolute atomic E-state index is 6.06. The van der Waals surface area contributed by atoms with Gasteiger partial charge in [0.2, 0.25) is 8.32 Å². The van der Waals surface area contributed by atoms with Crippen molar-refractivity contribution in [2.24, 2.45) is 0 Å². The molecule has 0 aliphatic heterocycles. The standard InChI is InChI=1S/C11H19OSi2/c1-13(2)11-9-7-6-8-10(11)12-14(3,4)5/h6-9H,1-5H3. The van der Waals surface area contributed by atoms with Crippen molar-refractivity contribution in [3.8, 4) is 5.75 Å². The summed E-state index contributed by atoms with van der Waals surface area (Å²) in [4.78, 5) is 0. The number of rotatable bonds is 3. The van der Waals surface area contributed by atoms with Gasteiger partial charge in [-0.25, -0.2) is 0 Å². The van der Waals surface area contributed by atoms with Crippen LogP contribution >= 0.6 is 0 Å². The lowest BCUT2D eigenvalue weighted by Gasteiger charge is -2.22. The molecule has 0 spiro atoms. The molecule has 0 amide bonds. The molecule has 1 aromatic rings. The van der Waals surface area contributed by atoms with Crippen LogP contribution in [0.3, 0.4) is 0 Å². The fourth-order valence-corrected chi connectivity index (χ4v) is 3.30. The van der Waals surface area contributed by atoms with Crippen molar-refractivity contribution in [1.82, 2.24) is 0 Å². The average molecular weight is 223 g/mol. The van der Waals surface area contributed by atoms with E-state index in [4.69, 9.17) is 4.43 Å². The van der Waals surface area contributed by atoms with Crippen LogP contribution in [0.15, 0.2) is 24.3 Å². The highest BCUT2D eigenvalue weighted by molar-refractivity contribution is 6.73. The first kappa shape index (κ1) is 11.5. The van der Waals surface area contributed by atoms with E-state index >= 15 is 0 Å². The fourth-order valence-electron chi connectivity index (χ4n) is 1.30. The molecule has 0 bridgehead atoms. The SMILES string of the molecule is C[Si](C)c1ccccc1O[Si](C)(C)C. The van der Waals surface area contributed by atoms with E-state index < -0.39 is 17.1 Å². The van der Waals surface area contributed by atoms with Crippen LogP contribution in [0.4, 0.5) is 0 Å². The zero-order valence-electron chi connectivity index (χ0n) is 9.72. The van der Waals surface area contributed by atoms with Gasteiger partial charge in [-0.05, 0) is 30.9 Å². The Hall–Kier alpha value is -0.546. The molecule has 0 aliphatic carbocycles. The molecule has 0 heterocycles. The van der Waals surface area contributed by atoms with Crippen LogP contribution in [0.25, 0.3) is 0 Å². The Bertz CT molecular complexity index is 302. The molecular formula is C11H19OSi2. The number of para-hydroxylation sites is 1. The Morgan fingerprint density at radius 3 is 2.14 bits per heavy atom. The quantitative estimate of drug-likeness (QED) is 0.716. The van der Waals surface area contributed by atoms with E-state index in [9.17, 15) is 0 Å². The monoisotopic (exact) mass is 223 g/mol. The third-order valence-corrected chi connectivity index (χ3v) is 4.16. The van der Waals surface area contributed by atoms with Crippen LogP contribution in [0.2, 0.25) is 32.7 Å². The highest BCUT2D eigenvalue weighted by Crippen LogP contribution is 2.14. The van der Waals surface area contributed by atoms with Crippen LogP contribution in [-0.2, 0) is 0 Å². The lowest BCUT2D eigenvalue weighted by atomic mass is 10.3. The summed E-state index contributed by atoms with van der Waals surface area (Å²) in [5.74, 6) is 1.12. The van der Waals surface area contributed by atoms with Gasteiger partial charge in [0.25, 0.3) is 0 Å². The molecular weight excluding hydrogens is 204 g/mol. The Morgan fingerprint density at radius 2 is 1.64 bits per heavy atom. The van der Waals surface area contributed by atoms with Gasteiger partial charge >= 0.3 is 0 Å². The van der Waals surface area contributed by atoms with Crippen molar-refractivity contribution in [3.05, 3.63) is 24.3 Å². The summed E-state index contributed by atoms with van der Waals surface area (Å²) in [7, 11) is -1.88. The summed E-state index contributed by atoms with van der Waals surface area (Å²) < 4.78 is 6.06. The first-order valence-corrected chi connectivity index (χ1v) is 10.9. The Labute approximate surface area is 89.9 Å². The minimum absolute atomic E-state index is 0.416. The van der Waals surface area contributed by atoms with Crippen molar-refractivity contribution in [2.45, 2.75) is 32.7 Å². The average Bonchev–Trinajstić information content (AvgIpc) is 2.01. The first-order chi connectivity index (χ1) is 6.40. The number of benzene rings is 1. The molecule has 3 heteroatoms. The number of hydrogen-bond acceptors (Lipinski definition) is 1. The predicted molar refractivity (Wildman–Crippen MR) is 67.5 cm³/mol. The van der Waals surface area contributed by atoms with Crippen LogP contribution in [0, 0.1) is 0 Å². The lowest BCUT2D eigenvalue weighted by molar-refractivity contribution is 0.562. The molecule has 1 nitrogen and oxygen atoms in total. The largest absolute Gasteiger partial charge is 0.544 e. The van der Waals surface area contributed by atoms with Crippen LogP contribution < -0.4 is 9.61 Å². The van der Waals surface area contributed by atoms with Crippen molar-refractivity contribution in [3.63, 3.8) is 0 Å². The molecule has 0 aromatic heterocycles. The molecule has 1 aromatic carbocycles. The van der Waals surface area contributed by atoms with E-state index in [0.29, 0.717) is 0 Å². The van der Waals surface area contributed by atoms with Gasteiger partial charge in [0.05, 0.1) is 8.80 Å². The van der Waals surface area contributed by atoms with E-state index in [0.717, 1.165) is 5.75 Å². The van der Waals surface area contributed by atoms with Crippen molar-refractivity contribution in [2.75, 3.05) is 0 Å². The van der Waals surface area contributed by atoms with Gasteiger partial charge in [-0.1, -0.05) is 31.3 Å². The summed E-state index contributed by atoms with van der Waals surface area (Å²) in [5.41, 5.74) is 0. The van der Waals surface area contributed by atoms with Gasteiger partial charge in [0, 0.05) is 0 Å². The fraction of sp³-hybridized carbons (Fsp3) is 0.455. The third-order valence-electron chi connectivity index (χ3n) is 1.84. The normalized spacial score (nSPS) is 11.9. The molecule has 0 aliphatic rings. The minimum Gasteiger partial charge on any atom is -0.544 e. The maximum Gasteiger partial charge on any atom is 0.242 e. The third kappa shape index (κ3) is 3.31. The van der Waals surface area contributed by atoms with Crippen molar-refractivity contribution in [1.29, 1.82) is 0 Å². The second-order valence-corrected chi connectivity index (χ2v) is 11.7. The maximum atomic E-state index is 6.06. The molecule has 77 valence electrons. The van der Waals surface area contributed by atoms with Crippen LogP contribution in [-0.4, -0.2) is 17.1 Å². The molecule has 1 rings (SSSR count). The molecule has 1 radical (unpaired) electrons. The summed E-state index contributed by atoms with van der Waals surface area (Å²) in [6.45, 7) is 11.3. The van der Waals surface area contributed by atoms with Gasteiger partial charge in [-0.2, -0.15) is 0 Å². The second kappa shape index (κ2) is 4.32.